The molecule has 0 amide bonds. The molecule has 1 aliphatic carbocycles. The largest absolute Gasteiger partial charge is 0.324 e. The highest BCUT2D eigenvalue weighted by atomic mass is 15.1. The molecule has 2 N–H and O–H groups in total. The molecule has 72 valence electrons. The van der Waals surface area contributed by atoms with Gasteiger partial charge >= 0.3 is 0 Å². The fourth-order valence-electron chi connectivity index (χ4n) is 1.41. The van der Waals surface area contributed by atoms with E-state index in [1.165, 1.54) is 25.8 Å². The Labute approximate surface area is 76.1 Å². The van der Waals surface area contributed by atoms with Crippen LogP contribution in [-0.2, 0) is 0 Å². The molecule has 1 saturated carbocycles. The first-order chi connectivity index (χ1) is 5.52. The minimum Gasteiger partial charge on any atom is -0.324 e. The van der Waals surface area contributed by atoms with E-state index in [9.17, 15) is 0 Å². The summed E-state index contributed by atoms with van der Waals surface area (Å²) in [6.07, 6.45) is 3.73. The second kappa shape index (κ2) is 3.75. The quantitative estimate of drug-likeness (QED) is 0.677. The summed E-state index contributed by atoms with van der Waals surface area (Å²) in [5, 5.41) is 0. The molecule has 0 aromatic rings. The number of nitrogens with two attached hydrogens (primary N) is 1. The Hall–Kier alpha value is -0.0800. The van der Waals surface area contributed by atoms with Crippen LogP contribution in [0.5, 0.6) is 0 Å². The summed E-state index contributed by atoms with van der Waals surface area (Å²) < 4.78 is 0. The van der Waals surface area contributed by atoms with Gasteiger partial charge in [-0.15, -0.1) is 0 Å². The van der Waals surface area contributed by atoms with E-state index in [1.807, 2.05) is 0 Å². The summed E-state index contributed by atoms with van der Waals surface area (Å²) in [6.45, 7) is 6.81. The summed E-state index contributed by atoms with van der Waals surface area (Å²) in [5.74, 6) is 0.806. The predicted molar refractivity (Wildman–Crippen MR) is 53.1 cm³/mol. The third-order valence-electron chi connectivity index (χ3n) is 2.57. The molecule has 0 bridgehead atoms. The van der Waals surface area contributed by atoms with Gasteiger partial charge in [0.1, 0.15) is 0 Å². The molecule has 0 heterocycles. The first kappa shape index (κ1) is 10.0. The standard InChI is InChI=1S/C10H22N2/c1-9(2)4-7-12(3)8-10(11)5-6-10/h9H,4-8,11H2,1-3H3. The van der Waals surface area contributed by atoms with Crippen molar-refractivity contribution in [2.75, 3.05) is 20.1 Å². The van der Waals surface area contributed by atoms with Crippen LogP contribution in [0.3, 0.4) is 0 Å². The predicted octanol–water partition coefficient (Wildman–Crippen LogP) is 1.46. The average molecular weight is 170 g/mol. The molecule has 1 aliphatic rings. The van der Waals surface area contributed by atoms with Gasteiger partial charge in [0.15, 0.2) is 0 Å². The highest BCUT2D eigenvalue weighted by molar-refractivity contribution is 5.00. The molecule has 0 spiro atoms. The number of likely N-dealkylation sites (N-methyl/N-ethyl adjacent to an activating group) is 1. The van der Waals surface area contributed by atoms with Gasteiger partial charge in [-0.05, 0) is 38.8 Å². The van der Waals surface area contributed by atoms with E-state index in [0.717, 1.165) is 12.5 Å². The number of hydrogen-bond donors (Lipinski definition) is 1. The summed E-state index contributed by atoms with van der Waals surface area (Å²) >= 11 is 0. The molecule has 0 aliphatic heterocycles. The Morgan fingerprint density at radius 1 is 1.42 bits per heavy atom. The van der Waals surface area contributed by atoms with Crippen molar-refractivity contribution in [2.24, 2.45) is 11.7 Å². The first-order valence-electron chi connectivity index (χ1n) is 4.99. The van der Waals surface area contributed by atoms with Crippen LogP contribution in [0, 0.1) is 5.92 Å². The molecule has 0 radical (unpaired) electrons. The molecular weight excluding hydrogens is 148 g/mol. The van der Waals surface area contributed by atoms with Crippen molar-refractivity contribution in [3.8, 4) is 0 Å². The minimum atomic E-state index is 0.186. The van der Waals surface area contributed by atoms with Gasteiger partial charge in [-0.25, -0.2) is 0 Å². The molecule has 0 unspecified atom stereocenters. The number of hydrogen-bond acceptors (Lipinski definition) is 2. The SMILES string of the molecule is CC(C)CCN(C)CC1(N)CC1. The molecule has 12 heavy (non-hydrogen) atoms. The Morgan fingerprint density at radius 2 is 2.00 bits per heavy atom. The fourth-order valence-corrected chi connectivity index (χ4v) is 1.41. The second-order valence-electron chi connectivity index (χ2n) is 4.78. The number of nitrogens with zero attached hydrogens (tertiary/aromatic N) is 1. The lowest BCUT2D eigenvalue weighted by Gasteiger charge is -2.21. The fraction of sp³-hybridized carbons (Fsp3) is 1.00. The highest BCUT2D eigenvalue weighted by Crippen LogP contribution is 2.32. The molecular formula is C10H22N2. The van der Waals surface area contributed by atoms with Crippen molar-refractivity contribution in [3.05, 3.63) is 0 Å². The van der Waals surface area contributed by atoms with Crippen LogP contribution in [0.4, 0.5) is 0 Å². The van der Waals surface area contributed by atoms with Crippen LogP contribution in [-0.4, -0.2) is 30.6 Å². The zero-order chi connectivity index (χ0) is 9.19. The van der Waals surface area contributed by atoms with Gasteiger partial charge in [0.05, 0.1) is 0 Å². The Kier molecular flexibility index (Phi) is 3.13. The average Bonchev–Trinajstić information content (AvgIpc) is 2.64. The summed E-state index contributed by atoms with van der Waals surface area (Å²) in [5.41, 5.74) is 6.20. The lowest BCUT2D eigenvalue weighted by atomic mass is 10.1. The lowest BCUT2D eigenvalue weighted by molar-refractivity contribution is 0.285. The van der Waals surface area contributed by atoms with E-state index in [-0.39, 0.29) is 5.54 Å². The van der Waals surface area contributed by atoms with E-state index in [4.69, 9.17) is 5.73 Å². The minimum absolute atomic E-state index is 0.186. The summed E-state index contributed by atoms with van der Waals surface area (Å²) in [4.78, 5) is 2.37. The van der Waals surface area contributed by atoms with E-state index < -0.39 is 0 Å². The van der Waals surface area contributed by atoms with E-state index in [0.29, 0.717) is 0 Å². The van der Waals surface area contributed by atoms with E-state index in [2.05, 4.69) is 25.8 Å². The van der Waals surface area contributed by atoms with Gasteiger partial charge in [0, 0.05) is 12.1 Å². The lowest BCUT2D eigenvalue weighted by Crippen LogP contribution is -2.37. The van der Waals surface area contributed by atoms with Crippen LogP contribution in [0.15, 0.2) is 0 Å². The zero-order valence-corrected chi connectivity index (χ0v) is 8.64. The topological polar surface area (TPSA) is 29.3 Å². The Balaban J connectivity index is 2.07. The van der Waals surface area contributed by atoms with Crippen LogP contribution in [0.1, 0.15) is 33.1 Å². The third-order valence-corrected chi connectivity index (χ3v) is 2.57. The molecule has 2 nitrogen and oxygen atoms in total. The highest BCUT2D eigenvalue weighted by Gasteiger charge is 2.38. The van der Waals surface area contributed by atoms with Crippen molar-refractivity contribution in [3.63, 3.8) is 0 Å². The molecule has 1 rings (SSSR count). The maximum atomic E-state index is 6.01. The van der Waals surface area contributed by atoms with Gasteiger partial charge in [0.25, 0.3) is 0 Å². The van der Waals surface area contributed by atoms with Crippen molar-refractivity contribution >= 4 is 0 Å². The van der Waals surface area contributed by atoms with E-state index >= 15 is 0 Å². The summed E-state index contributed by atoms with van der Waals surface area (Å²) in [6, 6.07) is 0. The van der Waals surface area contributed by atoms with Gasteiger partial charge in [-0.3, -0.25) is 0 Å². The van der Waals surface area contributed by atoms with Gasteiger partial charge < -0.3 is 10.6 Å². The van der Waals surface area contributed by atoms with Crippen molar-refractivity contribution < 1.29 is 0 Å². The number of rotatable bonds is 5. The van der Waals surface area contributed by atoms with Crippen molar-refractivity contribution in [1.82, 2.24) is 4.90 Å². The first-order valence-corrected chi connectivity index (χ1v) is 4.99. The van der Waals surface area contributed by atoms with Crippen LogP contribution >= 0.6 is 0 Å². The maximum Gasteiger partial charge on any atom is 0.0284 e. The zero-order valence-electron chi connectivity index (χ0n) is 8.64. The molecule has 1 fully saturated rings. The smallest absolute Gasteiger partial charge is 0.0284 e. The second-order valence-corrected chi connectivity index (χ2v) is 4.78. The third kappa shape index (κ3) is 3.55. The maximum absolute atomic E-state index is 6.01. The van der Waals surface area contributed by atoms with Crippen molar-refractivity contribution in [2.45, 2.75) is 38.6 Å². The molecule has 0 atom stereocenters. The Bertz CT molecular complexity index is 139. The van der Waals surface area contributed by atoms with Crippen molar-refractivity contribution in [1.29, 1.82) is 0 Å². The van der Waals surface area contributed by atoms with Gasteiger partial charge in [0.2, 0.25) is 0 Å². The molecule has 0 saturated heterocycles. The monoisotopic (exact) mass is 170 g/mol. The Morgan fingerprint density at radius 3 is 2.42 bits per heavy atom. The van der Waals surface area contributed by atoms with Crippen LogP contribution in [0.25, 0.3) is 0 Å². The van der Waals surface area contributed by atoms with Gasteiger partial charge in [-0.2, -0.15) is 0 Å². The molecule has 0 aromatic heterocycles. The van der Waals surface area contributed by atoms with Crippen LogP contribution < -0.4 is 5.73 Å². The van der Waals surface area contributed by atoms with E-state index in [1.54, 1.807) is 0 Å². The normalized spacial score (nSPS) is 20.5. The molecule has 2 heteroatoms. The van der Waals surface area contributed by atoms with Crippen LogP contribution in [0.2, 0.25) is 0 Å². The van der Waals surface area contributed by atoms with Gasteiger partial charge in [-0.1, -0.05) is 13.8 Å². The summed E-state index contributed by atoms with van der Waals surface area (Å²) in [7, 11) is 2.18. The molecule has 0 aromatic carbocycles.